The fraction of sp³-hybridized carbons (Fsp3) is 0.143. The number of fused-ring (bicyclic) bond motifs is 1. The van der Waals surface area contributed by atoms with Crippen LogP contribution < -0.4 is 9.67 Å². The number of hydrogen-bond acceptors (Lipinski definition) is 5. The second-order valence-corrected chi connectivity index (χ2v) is 11.3. The zero-order valence-corrected chi connectivity index (χ0v) is 18.6. The molecule has 0 atom stereocenters. The molecule has 4 aromatic rings. The Labute approximate surface area is 175 Å². The number of aromatic nitrogens is 2. The van der Waals surface area contributed by atoms with Gasteiger partial charge >= 0.3 is 156 Å². The van der Waals surface area contributed by atoms with E-state index in [0.717, 1.165) is 21.3 Å². The van der Waals surface area contributed by atoms with Gasteiger partial charge in [-0.3, -0.25) is 0 Å². The molecule has 8 heteroatoms. The van der Waals surface area contributed by atoms with Gasteiger partial charge in [0, 0.05) is 0 Å². The number of benzene rings is 2. The molecule has 3 N–H and O–H groups in total. The third kappa shape index (κ3) is 4.14. The van der Waals surface area contributed by atoms with Gasteiger partial charge in [-0.05, 0) is 5.92 Å². The third-order valence-corrected chi connectivity index (χ3v) is 7.65. The van der Waals surface area contributed by atoms with Gasteiger partial charge < -0.3 is 0 Å². The molecule has 0 spiro atoms. The van der Waals surface area contributed by atoms with Gasteiger partial charge in [0.1, 0.15) is 0 Å². The van der Waals surface area contributed by atoms with Crippen LogP contribution in [-0.4, -0.2) is 32.3 Å². The first-order valence-corrected chi connectivity index (χ1v) is 13.3. The van der Waals surface area contributed by atoms with Crippen molar-refractivity contribution in [2.45, 2.75) is 19.8 Å². The van der Waals surface area contributed by atoms with E-state index >= 15 is 0 Å². The molecule has 148 valence electrons. The predicted molar refractivity (Wildman–Crippen MR) is 117 cm³/mol. The summed E-state index contributed by atoms with van der Waals surface area (Å²) in [7, 11) is 0. The second kappa shape index (κ2) is 7.76. The summed E-state index contributed by atoms with van der Waals surface area (Å²) in [5, 5.41) is 6.27. The fourth-order valence-corrected chi connectivity index (χ4v) is 5.15. The van der Waals surface area contributed by atoms with Gasteiger partial charge in [0.05, 0.1) is 0 Å². The van der Waals surface area contributed by atoms with Crippen molar-refractivity contribution in [2.24, 2.45) is 0 Å². The molecule has 0 saturated heterocycles. The summed E-state index contributed by atoms with van der Waals surface area (Å²) in [5.41, 5.74) is 4.14. The first-order chi connectivity index (χ1) is 13.8. The summed E-state index contributed by atoms with van der Waals surface area (Å²) in [6.07, 6.45) is 1.51. The van der Waals surface area contributed by atoms with Crippen LogP contribution in [0.15, 0.2) is 60.2 Å². The normalized spacial score (nSPS) is 11.9. The Bertz CT molecular complexity index is 1200. The average Bonchev–Trinajstić information content (AvgIpc) is 3.13. The van der Waals surface area contributed by atoms with Crippen LogP contribution in [0.1, 0.15) is 25.3 Å². The first kappa shape index (κ1) is 19.9. The second-order valence-electron chi connectivity index (χ2n) is 7.04. The van der Waals surface area contributed by atoms with Crippen molar-refractivity contribution in [1.82, 2.24) is 9.97 Å². The Morgan fingerprint density at radius 1 is 1.00 bits per heavy atom. The van der Waals surface area contributed by atoms with Crippen LogP contribution in [-0.2, 0) is 3.74 Å². The molecule has 0 amide bonds. The van der Waals surface area contributed by atoms with Gasteiger partial charge in [-0.25, -0.2) is 0 Å². The maximum atomic E-state index is 11.4. The molecule has 4 rings (SSSR count). The molecule has 0 radical (unpaired) electrons. The average molecular weight is 469 g/mol. The van der Waals surface area contributed by atoms with Gasteiger partial charge in [0.15, 0.2) is 0 Å². The van der Waals surface area contributed by atoms with E-state index in [9.17, 15) is 11.9 Å². The van der Waals surface area contributed by atoms with Gasteiger partial charge in [-0.2, -0.15) is 0 Å². The zero-order valence-electron chi connectivity index (χ0n) is 15.9. The Balaban J connectivity index is 1.72. The molecular weight excluding hydrogens is 449 g/mol. The number of nitrogens with zero attached hydrogens (tertiary/aromatic N) is 2. The Morgan fingerprint density at radius 3 is 2.31 bits per heavy atom. The van der Waals surface area contributed by atoms with Crippen LogP contribution in [0.25, 0.3) is 21.3 Å². The SMILES string of the molecule is CC(C)c1ccc(-c2csc3ncnc(Nc4ccc([As](=O)(O)O)cc4)c23)cc1. The molecule has 0 bridgehead atoms. The number of hydrogen-bond donors (Lipinski definition) is 3. The van der Waals surface area contributed by atoms with E-state index in [0.29, 0.717) is 17.4 Å². The van der Waals surface area contributed by atoms with E-state index < -0.39 is 14.2 Å². The molecule has 0 saturated carbocycles. The van der Waals surface area contributed by atoms with E-state index in [4.69, 9.17) is 0 Å². The molecule has 2 aromatic carbocycles. The fourth-order valence-electron chi connectivity index (χ4n) is 3.11. The van der Waals surface area contributed by atoms with E-state index in [2.05, 4.69) is 58.8 Å². The first-order valence-electron chi connectivity index (χ1n) is 9.08. The minimum absolute atomic E-state index is 0.0444. The molecule has 0 aliphatic heterocycles. The minimum atomic E-state index is -4.89. The van der Waals surface area contributed by atoms with Crippen LogP contribution in [0.3, 0.4) is 0 Å². The van der Waals surface area contributed by atoms with E-state index in [-0.39, 0.29) is 4.35 Å². The van der Waals surface area contributed by atoms with Crippen molar-refractivity contribution in [3.05, 3.63) is 65.8 Å². The molecule has 0 fully saturated rings. The number of anilines is 2. The third-order valence-electron chi connectivity index (χ3n) is 4.72. The molecule has 0 aliphatic rings. The van der Waals surface area contributed by atoms with Crippen LogP contribution in [0, 0.1) is 0 Å². The van der Waals surface area contributed by atoms with Crippen LogP contribution in [0.2, 0.25) is 0 Å². The standard InChI is InChI=1S/C21H20AsN3O3S/c1-13(2)14-3-5-15(6-4-14)18-11-29-21-19(18)20(23-12-24-21)25-17-9-7-16(8-10-17)22(26,27)28/h3-13H,1-2H3,(H,23,24,25)(H2,26,27,28). The molecule has 0 aliphatic carbocycles. The van der Waals surface area contributed by atoms with E-state index in [1.807, 2.05) is 0 Å². The zero-order chi connectivity index (χ0) is 20.6. The van der Waals surface area contributed by atoms with Crippen molar-refractivity contribution in [1.29, 1.82) is 0 Å². The number of thiophene rings is 1. The Morgan fingerprint density at radius 2 is 1.69 bits per heavy atom. The van der Waals surface area contributed by atoms with Gasteiger partial charge in [-0.15, -0.1) is 0 Å². The molecule has 2 aromatic heterocycles. The van der Waals surface area contributed by atoms with Crippen molar-refractivity contribution in [3.63, 3.8) is 0 Å². The van der Waals surface area contributed by atoms with Crippen molar-refractivity contribution in [2.75, 3.05) is 5.32 Å². The quantitative estimate of drug-likeness (QED) is 0.385. The molecule has 0 unspecified atom stereocenters. The molecular formula is C21H20AsN3O3S. The summed E-state index contributed by atoms with van der Waals surface area (Å²) in [6.45, 7) is 4.34. The number of nitrogens with one attached hydrogen (secondary N) is 1. The Hall–Kier alpha value is -2.44. The van der Waals surface area contributed by atoms with E-state index in [1.54, 1.807) is 23.5 Å². The summed E-state index contributed by atoms with van der Waals surface area (Å²) in [4.78, 5) is 9.68. The van der Waals surface area contributed by atoms with Crippen LogP contribution >= 0.6 is 11.3 Å². The van der Waals surface area contributed by atoms with Gasteiger partial charge in [0.2, 0.25) is 0 Å². The van der Waals surface area contributed by atoms with Gasteiger partial charge in [0.25, 0.3) is 0 Å². The molecule has 6 nitrogen and oxygen atoms in total. The molecule has 2 heterocycles. The van der Waals surface area contributed by atoms with E-state index in [1.165, 1.54) is 24.0 Å². The van der Waals surface area contributed by atoms with Crippen molar-refractivity contribution < 1.29 is 11.9 Å². The topological polar surface area (TPSA) is 95.3 Å². The van der Waals surface area contributed by atoms with Gasteiger partial charge in [-0.1, -0.05) is 13.8 Å². The monoisotopic (exact) mass is 469 g/mol. The number of rotatable bonds is 5. The Kier molecular flexibility index (Phi) is 5.32. The summed E-state index contributed by atoms with van der Waals surface area (Å²) in [6, 6.07) is 14.7. The maximum absolute atomic E-state index is 11.4. The summed E-state index contributed by atoms with van der Waals surface area (Å²) in [5.74, 6) is 1.13. The predicted octanol–water partition coefficient (Wildman–Crippen LogP) is 3.79. The van der Waals surface area contributed by atoms with Crippen LogP contribution in [0.5, 0.6) is 0 Å². The van der Waals surface area contributed by atoms with Crippen LogP contribution in [0.4, 0.5) is 11.5 Å². The van der Waals surface area contributed by atoms with Crippen molar-refractivity contribution >= 4 is 51.6 Å². The summed E-state index contributed by atoms with van der Waals surface area (Å²) < 4.78 is 30.1. The van der Waals surface area contributed by atoms with Crippen molar-refractivity contribution in [3.8, 4) is 11.1 Å². The summed E-state index contributed by atoms with van der Waals surface area (Å²) >= 11 is -3.33. The molecule has 29 heavy (non-hydrogen) atoms.